The number of ether oxygens (including phenoxy) is 1. The van der Waals surface area contributed by atoms with Crippen LogP contribution in [-0.2, 0) is 10.0 Å². The Morgan fingerprint density at radius 3 is 2.60 bits per heavy atom. The molecule has 1 N–H and O–H groups in total. The number of methoxy groups -OCH3 is 1. The summed E-state index contributed by atoms with van der Waals surface area (Å²) in [5.74, 6) is 0.414. The van der Waals surface area contributed by atoms with Gasteiger partial charge in [-0.05, 0) is 30.3 Å². The monoisotopic (exact) mass is 332 g/mol. The van der Waals surface area contributed by atoms with Crippen molar-refractivity contribution in [3.63, 3.8) is 0 Å². The van der Waals surface area contributed by atoms with Gasteiger partial charge < -0.3 is 4.74 Å². The Morgan fingerprint density at radius 2 is 1.95 bits per heavy atom. The summed E-state index contributed by atoms with van der Waals surface area (Å²) < 4.78 is 31.8. The molecule has 2 rings (SSSR count). The summed E-state index contributed by atoms with van der Waals surface area (Å²) in [7, 11) is -2.40. The fourth-order valence-electron chi connectivity index (χ4n) is 1.46. The van der Waals surface area contributed by atoms with E-state index in [4.69, 9.17) is 27.9 Å². The number of hydrogen-bond acceptors (Lipinski definition) is 4. The summed E-state index contributed by atoms with van der Waals surface area (Å²) >= 11 is 11.6. The molecule has 2 aromatic rings. The third-order valence-electron chi connectivity index (χ3n) is 2.42. The van der Waals surface area contributed by atoms with Crippen LogP contribution in [0.2, 0.25) is 10.0 Å². The van der Waals surface area contributed by atoms with Crippen molar-refractivity contribution < 1.29 is 13.2 Å². The van der Waals surface area contributed by atoms with E-state index in [1.54, 1.807) is 12.1 Å². The van der Waals surface area contributed by atoms with Gasteiger partial charge in [-0.2, -0.15) is 0 Å². The van der Waals surface area contributed by atoms with Crippen LogP contribution < -0.4 is 9.46 Å². The zero-order valence-corrected chi connectivity index (χ0v) is 12.6. The maximum absolute atomic E-state index is 12.2. The summed E-state index contributed by atoms with van der Waals surface area (Å²) in [6.07, 6.45) is 1.45. The molecule has 0 radical (unpaired) electrons. The van der Waals surface area contributed by atoms with E-state index in [2.05, 4.69) is 9.71 Å². The van der Waals surface area contributed by atoms with Crippen molar-refractivity contribution in [3.05, 3.63) is 46.6 Å². The lowest BCUT2D eigenvalue weighted by Crippen LogP contribution is -2.14. The molecule has 0 aliphatic heterocycles. The molecule has 0 aliphatic rings. The molecule has 0 fully saturated rings. The first-order chi connectivity index (χ1) is 9.44. The number of aromatic nitrogens is 1. The van der Waals surface area contributed by atoms with Gasteiger partial charge >= 0.3 is 0 Å². The van der Waals surface area contributed by atoms with Crippen LogP contribution in [0.5, 0.6) is 5.75 Å². The fraction of sp³-hybridized carbons (Fsp3) is 0.0833. The van der Waals surface area contributed by atoms with E-state index in [1.165, 1.54) is 31.5 Å². The van der Waals surface area contributed by atoms with Crippen molar-refractivity contribution in [1.29, 1.82) is 0 Å². The van der Waals surface area contributed by atoms with Gasteiger partial charge in [0.25, 0.3) is 10.0 Å². The zero-order chi connectivity index (χ0) is 14.8. The molecular weight excluding hydrogens is 323 g/mol. The molecule has 106 valence electrons. The molecule has 1 aromatic carbocycles. The van der Waals surface area contributed by atoms with Gasteiger partial charge in [0.05, 0.1) is 22.1 Å². The Kier molecular flexibility index (Phi) is 4.37. The average Bonchev–Trinajstić information content (AvgIpc) is 2.42. The van der Waals surface area contributed by atoms with Crippen LogP contribution >= 0.6 is 23.2 Å². The van der Waals surface area contributed by atoms with Crippen LogP contribution in [-0.4, -0.2) is 20.5 Å². The van der Waals surface area contributed by atoms with Crippen molar-refractivity contribution in [3.8, 4) is 5.75 Å². The molecule has 1 heterocycles. The molecule has 0 aliphatic carbocycles. The summed E-state index contributed by atoms with van der Waals surface area (Å²) in [5, 5.41) is 0.434. The Hall–Kier alpha value is -1.50. The number of anilines is 1. The minimum atomic E-state index is -3.82. The van der Waals surface area contributed by atoms with Gasteiger partial charge in [0, 0.05) is 6.20 Å². The van der Waals surface area contributed by atoms with Crippen molar-refractivity contribution in [2.24, 2.45) is 0 Å². The van der Waals surface area contributed by atoms with Gasteiger partial charge in [-0.15, -0.1) is 0 Å². The summed E-state index contributed by atoms with van der Waals surface area (Å²) in [6, 6.07) is 7.26. The molecule has 0 spiro atoms. The Balaban J connectivity index is 2.38. The highest BCUT2D eigenvalue weighted by Gasteiger charge is 2.18. The lowest BCUT2D eigenvalue weighted by molar-refractivity contribution is 0.415. The maximum atomic E-state index is 12.2. The van der Waals surface area contributed by atoms with Crippen LogP contribution in [0.15, 0.2) is 41.4 Å². The average molecular weight is 333 g/mol. The quantitative estimate of drug-likeness (QED) is 0.933. The number of sulfonamides is 1. The Morgan fingerprint density at radius 1 is 1.20 bits per heavy atom. The van der Waals surface area contributed by atoms with Crippen molar-refractivity contribution in [1.82, 2.24) is 4.98 Å². The highest BCUT2D eigenvalue weighted by atomic mass is 35.5. The molecule has 0 amide bonds. The number of benzene rings is 1. The third kappa shape index (κ3) is 3.15. The first-order valence-electron chi connectivity index (χ1n) is 5.41. The van der Waals surface area contributed by atoms with Crippen LogP contribution in [0, 0.1) is 0 Å². The van der Waals surface area contributed by atoms with Crippen LogP contribution in [0.25, 0.3) is 0 Å². The van der Waals surface area contributed by atoms with Gasteiger partial charge in [0.1, 0.15) is 0 Å². The standard InChI is InChI=1S/C12H10Cl2N2O3S/c1-19-11-3-2-6-15-12(11)16-20(17,18)8-4-5-9(13)10(14)7-8/h2-7H,1H3,(H,15,16). The topological polar surface area (TPSA) is 68.3 Å². The summed E-state index contributed by atoms with van der Waals surface area (Å²) in [4.78, 5) is 3.91. The second-order valence-electron chi connectivity index (χ2n) is 3.74. The highest BCUT2D eigenvalue weighted by Crippen LogP contribution is 2.27. The predicted octanol–water partition coefficient (Wildman–Crippen LogP) is 3.20. The number of nitrogens with zero attached hydrogens (tertiary/aromatic N) is 1. The predicted molar refractivity (Wildman–Crippen MR) is 78.1 cm³/mol. The van der Waals surface area contributed by atoms with Crippen molar-refractivity contribution >= 4 is 39.0 Å². The molecule has 1 aromatic heterocycles. The van der Waals surface area contributed by atoms with Crippen LogP contribution in [0.3, 0.4) is 0 Å². The SMILES string of the molecule is COc1cccnc1NS(=O)(=O)c1ccc(Cl)c(Cl)c1. The lowest BCUT2D eigenvalue weighted by atomic mass is 10.4. The third-order valence-corrected chi connectivity index (χ3v) is 4.50. The van der Waals surface area contributed by atoms with E-state index in [9.17, 15) is 8.42 Å². The molecule has 8 heteroatoms. The molecule has 0 saturated carbocycles. The number of hydrogen-bond donors (Lipinski definition) is 1. The smallest absolute Gasteiger partial charge is 0.263 e. The molecule has 0 bridgehead atoms. The van der Waals surface area contributed by atoms with Crippen LogP contribution in [0.4, 0.5) is 5.82 Å². The lowest BCUT2D eigenvalue weighted by Gasteiger charge is -2.10. The Labute approximate surface area is 126 Å². The van der Waals surface area contributed by atoms with Crippen molar-refractivity contribution in [2.75, 3.05) is 11.8 Å². The van der Waals surface area contributed by atoms with Crippen LogP contribution in [0.1, 0.15) is 0 Å². The van der Waals surface area contributed by atoms with Gasteiger partial charge in [-0.3, -0.25) is 4.72 Å². The molecular formula is C12H10Cl2N2O3S. The van der Waals surface area contributed by atoms with E-state index >= 15 is 0 Å². The van der Waals surface area contributed by atoms with Gasteiger partial charge in [-0.25, -0.2) is 13.4 Å². The molecule has 5 nitrogen and oxygen atoms in total. The number of pyridine rings is 1. The van der Waals surface area contributed by atoms with Crippen molar-refractivity contribution in [2.45, 2.75) is 4.90 Å². The van der Waals surface area contributed by atoms with E-state index in [-0.39, 0.29) is 20.8 Å². The largest absolute Gasteiger partial charge is 0.493 e. The van der Waals surface area contributed by atoms with Gasteiger partial charge in [0.15, 0.2) is 11.6 Å². The fourth-order valence-corrected chi connectivity index (χ4v) is 2.87. The normalized spacial score (nSPS) is 11.2. The van der Waals surface area contributed by atoms with Gasteiger partial charge in [-0.1, -0.05) is 23.2 Å². The highest BCUT2D eigenvalue weighted by molar-refractivity contribution is 7.92. The molecule has 20 heavy (non-hydrogen) atoms. The number of rotatable bonds is 4. The van der Waals surface area contributed by atoms with E-state index in [1.807, 2.05) is 0 Å². The second-order valence-corrected chi connectivity index (χ2v) is 6.23. The van der Waals surface area contributed by atoms with E-state index in [0.29, 0.717) is 5.75 Å². The molecule has 0 atom stereocenters. The minimum absolute atomic E-state index is 0.0143. The summed E-state index contributed by atoms with van der Waals surface area (Å²) in [5.41, 5.74) is 0. The maximum Gasteiger partial charge on any atom is 0.263 e. The first kappa shape index (κ1) is 14.9. The summed E-state index contributed by atoms with van der Waals surface area (Å²) in [6.45, 7) is 0. The number of nitrogens with one attached hydrogen (secondary N) is 1. The second kappa shape index (κ2) is 5.87. The van der Waals surface area contributed by atoms with E-state index < -0.39 is 10.0 Å². The molecule has 0 unspecified atom stereocenters. The minimum Gasteiger partial charge on any atom is -0.493 e. The number of halogens is 2. The molecule has 0 saturated heterocycles. The Bertz CT molecular complexity index is 735. The zero-order valence-electron chi connectivity index (χ0n) is 10.3. The first-order valence-corrected chi connectivity index (χ1v) is 7.65. The van der Waals surface area contributed by atoms with Gasteiger partial charge in [0.2, 0.25) is 0 Å². The van der Waals surface area contributed by atoms with E-state index in [0.717, 1.165) is 0 Å².